The van der Waals surface area contributed by atoms with Crippen LogP contribution in [0.1, 0.15) is 0 Å². The third-order valence-corrected chi connectivity index (χ3v) is 13.8. The molecule has 0 saturated heterocycles. The Morgan fingerprint density at radius 1 is 0.419 bits per heavy atom. The Morgan fingerprint density at radius 3 is 1.90 bits per heavy atom. The summed E-state index contributed by atoms with van der Waals surface area (Å²) in [7, 11) is 0. The lowest BCUT2D eigenvalue weighted by atomic mass is 9.98. The number of hydrogen-bond acceptors (Lipinski definition) is 3. The van der Waals surface area contributed by atoms with Crippen molar-refractivity contribution in [1.82, 2.24) is 4.57 Å². The maximum atomic E-state index is 6.56. The van der Waals surface area contributed by atoms with Gasteiger partial charge in [-0.1, -0.05) is 152 Å². The molecule has 10 aromatic carbocycles. The minimum atomic E-state index is 0.900. The van der Waals surface area contributed by atoms with Crippen LogP contribution in [0.2, 0.25) is 0 Å². The van der Waals surface area contributed by atoms with Crippen LogP contribution in [0.15, 0.2) is 223 Å². The third kappa shape index (κ3) is 5.37. The van der Waals surface area contributed by atoms with E-state index in [1.54, 1.807) is 0 Å². The van der Waals surface area contributed by atoms with Crippen LogP contribution in [0.5, 0.6) is 0 Å². The minimum Gasteiger partial charge on any atom is -0.455 e. The largest absolute Gasteiger partial charge is 0.455 e. The van der Waals surface area contributed by atoms with Gasteiger partial charge in [-0.3, -0.25) is 0 Å². The molecular weight excluding hydrogens is 773 g/mol. The highest BCUT2D eigenvalue weighted by molar-refractivity contribution is 7.26. The van der Waals surface area contributed by atoms with E-state index in [1.165, 1.54) is 63.9 Å². The smallest absolute Gasteiger partial charge is 0.143 e. The fourth-order valence-corrected chi connectivity index (χ4v) is 11.0. The van der Waals surface area contributed by atoms with E-state index in [2.05, 4.69) is 222 Å². The first-order valence-corrected chi connectivity index (χ1v) is 21.9. The molecule has 0 radical (unpaired) electrons. The molecule has 0 aliphatic rings. The van der Waals surface area contributed by atoms with E-state index < -0.39 is 0 Å². The zero-order valence-electron chi connectivity index (χ0n) is 33.5. The highest BCUT2D eigenvalue weighted by atomic mass is 32.1. The van der Waals surface area contributed by atoms with Crippen molar-refractivity contribution in [1.29, 1.82) is 0 Å². The van der Waals surface area contributed by atoms with Crippen molar-refractivity contribution in [3.8, 4) is 27.9 Å². The highest BCUT2D eigenvalue weighted by Crippen LogP contribution is 2.49. The van der Waals surface area contributed by atoms with Crippen LogP contribution in [-0.2, 0) is 0 Å². The fraction of sp³-hybridized carbons (Fsp3) is 0. The molecule has 0 unspecified atom stereocenters. The Kier molecular flexibility index (Phi) is 7.78. The van der Waals surface area contributed by atoms with E-state index in [9.17, 15) is 0 Å². The molecule has 0 aliphatic carbocycles. The Morgan fingerprint density at radius 2 is 1.08 bits per heavy atom. The van der Waals surface area contributed by atoms with Crippen LogP contribution in [0, 0.1) is 0 Å². The first kappa shape index (κ1) is 34.9. The molecule has 0 spiro atoms. The van der Waals surface area contributed by atoms with Gasteiger partial charge in [0.25, 0.3) is 0 Å². The predicted molar refractivity (Wildman–Crippen MR) is 264 cm³/mol. The number of rotatable bonds is 6. The number of nitrogens with zero attached hydrogens (tertiary/aromatic N) is 2. The molecule has 0 fully saturated rings. The second-order valence-electron chi connectivity index (χ2n) is 16.0. The molecule has 0 aliphatic heterocycles. The number of furan rings is 1. The van der Waals surface area contributed by atoms with E-state index in [1.807, 2.05) is 17.4 Å². The number of fused-ring (bicyclic) bond motifs is 10. The average Bonchev–Trinajstić information content (AvgIpc) is 4.02. The number of anilines is 3. The first-order chi connectivity index (χ1) is 30.7. The van der Waals surface area contributed by atoms with E-state index in [-0.39, 0.29) is 0 Å². The van der Waals surface area contributed by atoms with Crippen molar-refractivity contribution in [3.05, 3.63) is 218 Å². The van der Waals surface area contributed by atoms with Crippen molar-refractivity contribution in [2.75, 3.05) is 4.90 Å². The summed E-state index contributed by atoms with van der Waals surface area (Å²) in [4.78, 5) is 2.45. The number of aromatic nitrogens is 1. The molecule has 62 heavy (non-hydrogen) atoms. The Hall–Kier alpha value is -7.92. The molecule has 0 atom stereocenters. The zero-order valence-corrected chi connectivity index (χ0v) is 34.3. The second kappa shape index (κ2) is 13.8. The summed E-state index contributed by atoms with van der Waals surface area (Å²) in [6.07, 6.45) is 0. The lowest BCUT2D eigenvalue weighted by Gasteiger charge is -2.28. The van der Waals surface area contributed by atoms with Crippen molar-refractivity contribution in [2.45, 2.75) is 0 Å². The SMILES string of the molecule is c1cc(-c2cccc3c2oc2ccccc23)cc(N(c2ccc3ccccc3c2)c2ccc(-c3ccc(-n4c5ccccc5c5ccccc54)cc3)c3sc4ccccc4c23)c1. The lowest BCUT2D eigenvalue weighted by Crippen LogP contribution is -2.10. The molecule has 13 aromatic rings. The summed E-state index contributed by atoms with van der Waals surface area (Å²) in [5.74, 6) is 0. The molecule has 0 saturated carbocycles. The highest BCUT2D eigenvalue weighted by Gasteiger charge is 2.23. The quantitative estimate of drug-likeness (QED) is 0.167. The molecule has 0 amide bonds. The summed E-state index contributed by atoms with van der Waals surface area (Å²) < 4.78 is 11.5. The van der Waals surface area contributed by atoms with E-state index >= 15 is 0 Å². The monoisotopic (exact) mass is 808 g/mol. The van der Waals surface area contributed by atoms with Crippen LogP contribution in [0.25, 0.3) is 103 Å². The number of para-hydroxylation sites is 4. The van der Waals surface area contributed by atoms with Gasteiger partial charge in [0.15, 0.2) is 0 Å². The molecular formula is C58H36N2OS. The van der Waals surface area contributed by atoms with E-state index in [4.69, 9.17) is 4.42 Å². The topological polar surface area (TPSA) is 21.3 Å². The Labute approximate surface area is 361 Å². The van der Waals surface area contributed by atoms with Crippen LogP contribution in [-0.4, -0.2) is 4.57 Å². The van der Waals surface area contributed by atoms with Gasteiger partial charge in [0.05, 0.1) is 16.7 Å². The van der Waals surface area contributed by atoms with Crippen LogP contribution in [0.4, 0.5) is 17.1 Å². The molecule has 0 bridgehead atoms. The summed E-state index contributed by atoms with van der Waals surface area (Å²) in [5.41, 5.74) is 13.3. The van der Waals surface area contributed by atoms with Gasteiger partial charge in [-0.2, -0.15) is 0 Å². The van der Waals surface area contributed by atoms with Gasteiger partial charge in [-0.05, 0) is 94.2 Å². The van der Waals surface area contributed by atoms with Gasteiger partial charge in [0, 0.05) is 64.3 Å². The molecule has 3 nitrogen and oxygen atoms in total. The summed E-state index contributed by atoms with van der Waals surface area (Å²) in [6.45, 7) is 0. The van der Waals surface area contributed by atoms with E-state index in [0.717, 1.165) is 55.8 Å². The Balaban J connectivity index is 1.01. The second-order valence-corrected chi connectivity index (χ2v) is 17.1. The standard InChI is InChI=1S/C58H36N2OS/c1-2-14-39-35-43(32-27-37(39)13-1)59(42-16-11-15-40(36-42)44-21-12-22-49-48-19-5-9-25-54(48)61-57(44)49)53-34-33-45(58-56(53)50-20-6-10-26-55(50)62-58)38-28-30-41(31-29-38)60-51-23-7-3-17-46(51)47-18-4-8-24-52(47)60/h1-36H. The van der Waals surface area contributed by atoms with Crippen LogP contribution >= 0.6 is 11.3 Å². The van der Waals surface area contributed by atoms with Gasteiger partial charge in [-0.25, -0.2) is 0 Å². The number of hydrogen-bond donors (Lipinski definition) is 0. The zero-order chi connectivity index (χ0) is 40.7. The minimum absolute atomic E-state index is 0.900. The van der Waals surface area contributed by atoms with Crippen LogP contribution < -0.4 is 4.90 Å². The van der Waals surface area contributed by atoms with Crippen molar-refractivity contribution in [3.63, 3.8) is 0 Å². The van der Waals surface area contributed by atoms with Gasteiger partial charge >= 0.3 is 0 Å². The summed E-state index contributed by atoms with van der Waals surface area (Å²) in [6, 6.07) is 79.2. The van der Waals surface area contributed by atoms with Crippen molar-refractivity contribution >= 4 is 103 Å². The van der Waals surface area contributed by atoms with Gasteiger partial charge in [-0.15, -0.1) is 11.3 Å². The fourth-order valence-electron chi connectivity index (χ4n) is 9.75. The molecule has 3 aromatic heterocycles. The number of benzene rings is 10. The third-order valence-electron chi connectivity index (χ3n) is 12.6. The first-order valence-electron chi connectivity index (χ1n) is 21.1. The molecule has 0 N–H and O–H groups in total. The summed E-state index contributed by atoms with van der Waals surface area (Å²) >= 11 is 1.87. The predicted octanol–water partition coefficient (Wildman–Crippen LogP) is 17.0. The molecule has 3 heterocycles. The van der Waals surface area contributed by atoms with Gasteiger partial charge in [0.1, 0.15) is 11.2 Å². The normalized spacial score (nSPS) is 11.9. The summed E-state index contributed by atoms with van der Waals surface area (Å²) in [5, 5.41) is 9.70. The average molecular weight is 809 g/mol. The van der Waals surface area contributed by atoms with Gasteiger partial charge in [0.2, 0.25) is 0 Å². The van der Waals surface area contributed by atoms with Crippen LogP contribution in [0.3, 0.4) is 0 Å². The molecule has 13 rings (SSSR count). The van der Waals surface area contributed by atoms with E-state index in [0.29, 0.717) is 0 Å². The maximum absolute atomic E-state index is 6.56. The molecule has 290 valence electrons. The Bertz CT molecular complexity index is 3830. The molecule has 4 heteroatoms. The number of thiophene rings is 1. The van der Waals surface area contributed by atoms with Crippen molar-refractivity contribution in [2.24, 2.45) is 0 Å². The van der Waals surface area contributed by atoms with Crippen molar-refractivity contribution < 1.29 is 4.42 Å². The lowest BCUT2D eigenvalue weighted by molar-refractivity contribution is 0.670. The van der Waals surface area contributed by atoms with Gasteiger partial charge < -0.3 is 13.9 Å². The maximum Gasteiger partial charge on any atom is 0.143 e.